The highest BCUT2D eigenvalue weighted by molar-refractivity contribution is 7.98. The predicted octanol–water partition coefficient (Wildman–Crippen LogP) is 3.10. The summed E-state index contributed by atoms with van der Waals surface area (Å²) >= 11 is 1.84. The summed E-state index contributed by atoms with van der Waals surface area (Å²) in [5.74, 6) is 1.11. The molecular weight excluding hydrogens is 232 g/mol. The number of rotatable bonds is 5. The van der Waals surface area contributed by atoms with Crippen LogP contribution in [0.4, 0.5) is 4.79 Å². The fourth-order valence-corrected chi connectivity index (χ4v) is 2.78. The van der Waals surface area contributed by atoms with Crippen LogP contribution >= 0.6 is 11.8 Å². The predicted molar refractivity (Wildman–Crippen MR) is 75.6 cm³/mol. The SMILES string of the molecule is CSCCC(C)N(C)C(=O)NC1CCCCC1. The van der Waals surface area contributed by atoms with Gasteiger partial charge >= 0.3 is 6.03 Å². The summed E-state index contributed by atoms with van der Waals surface area (Å²) in [6.45, 7) is 2.12. The number of thioether (sulfide) groups is 1. The molecule has 100 valence electrons. The van der Waals surface area contributed by atoms with Crippen molar-refractivity contribution in [2.24, 2.45) is 0 Å². The number of hydrogen-bond acceptors (Lipinski definition) is 2. The Kier molecular flexibility index (Phi) is 6.78. The number of amides is 2. The first-order chi connectivity index (χ1) is 8.15. The average Bonchev–Trinajstić information content (AvgIpc) is 2.36. The quantitative estimate of drug-likeness (QED) is 0.822. The van der Waals surface area contributed by atoms with E-state index in [2.05, 4.69) is 18.5 Å². The lowest BCUT2D eigenvalue weighted by atomic mass is 9.96. The monoisotopic (exact) mass is 258 g/mol. The van der Waals surface area contributed by atoms with E-state index in [4.69, 9.17) is 0 Å². The molecule has 1 aliphatic rings. The van der Waals surface area contributed by atoms with Crippen molar-refractivity contribution in [2.45, 2.75) is 57.5 Å². The minimum Gasteiger partial charge on any atom is -0.335 e. The van der Waals surface area contributed by atoms with Gasteiger partial charge in [-0.2, -0.15) is 11.8 Å². The second-order valence-corrected chi connectivity index (χ2v) is 6.01. The van der Waals surface area contributed by atoms with Crippen LogP contribution in [-0.4, -0.2) is 42.1 Å². The molecule has 4 heteroatoms. The molecule has 0 saturated heterocycles. The van der Waals surface area contributed by atoms with Crippen molar-refractivity contribution < 1.29 is 4.79 Å². The molecule has 17 heavy (non-hydrogen) atoms. The lowest BCUT2D eigenvalue weighted by Crippen LogP contribution is -2.47. The van der Waals surface area contributed by atoms with Crippen molar-refractivity contribution in [3.05, 3.63) is 0 Å². The van der Waals surface area contributed by atoms with Gasteiger partial charge in [-0.15, -0.1) is 0 Å². The third-order valence-corrected chi connectivity index (χ3v) is 4.30. The Morgan fingerprint density at radius 1 is 1.41 bits per heavy atom. The maximum Gasteiger partial charge on any atom is 0.317 e. The van der Waals surface area contributed by atoms with Crippen LogP contribution in [0.5, 0.6) is 0 Å². The Bertz CT molecular complexity index is 229. The van der Waals surface area contributed by atoms with Gasteiger partial charge in [-0.1, -0.05) is 19.3 Å². The first kappa shape index (κ1) is 14.7. The van der Waals surface area contributed by atoms with E-state index < -0.39 is 0 Å². The third kappa shape index (κ3) is 5.19. The maximum atomic E-state index is 12.0. The topological polar surface area (TPSA) is 32.3 Å². The summed E-state index contributed by atoms with van der Waals surface area (Å²) in [4.78, 5) is 13.9. The lowest BCUT2D eigenvalue weighted by Gasteiger charge is -2.29. The van der Waals surface area contributed by atoms with Gasteiger partial charge in [0.15, 0.2) is 0 Å². The lowest BCUT2D eigenvalue weighted by molar-refractivity contribution is 0.185. The number of urea groups is 1. The van der Waals surface area contributed by atoms with Crippen molar-refractivity contribution in [3.63, 3.8) is 0 Å². The second-order valence-electron chi connectivity index (χ2n) is 5.03. The first-order valence-electron chi connectivity index (χ1n) is 6.67. The van der Waals surface area contributed by atoms with Gasteiger partial charge in [0.25, 0.3) is 0 Å². The van der Waals surface area contributed by atoms with Crippen molar-refractivity contribution in [3.8, 4) is 0 Å². The van der Waals surface area contributed by atoms with Gasteiger partial charge in [0.05, 0.1) is 0 Å². The van der Waals surface area contributed by atoms with Gasteiger partial charge in [-0.05, 0) is 38.2 Å². The van der Waals surface area contributed by atoms with Crippen LogP contribution in [-0.2, 0) is 0 Å². The van der Waals surface area contributed by atoms with Gasteiger partial charge < -0.3 is 10.2 Å². The number of nitrogens with zero attached hydrogens (tertiary/aromatic N) is 1. The molecule has 1 unspecified atom stereocenters. The number of hydrogen-bond donors (Lipinski definition) is 1. The van der Waals surface area contributed by atoms with E-state index in [1.807, 2.05) is 23.7 Å². The molecule has 0 spiro atoms. The summed E-state index contributed by atoms with van der Waals surface area (Å²) in [7, 11) is 1.91. The Morgan fingerprint density at radius 2 is 2.06 bits per heavy atom. The average molecular weight is 258 g/mol. The zero-order chi connectivity index (χ0) is 12.7. The van der Waals surface area contributed by atoms with Crippen molar-refractivity contribution >= 4 is 17.8 Å². The Balaban J connectivity index is 2.29. The second kappa shape index (κ2) is 7.85. The molecule has 3 nitrogen and oxygen atoms in total. The highest BCUT2D eigenvalue weighted by atomic mass is 32.2. The summed E-state index contributed by atoms with van der Waals surface area (Å²) < 4.78 is 0. The van der Waals surface area contributed by atoms with Gasteiger partial charge in [-0.3, -0.25) is 0 Å². The van der Waals surface area contributed by atoms with Crippen molar-refractivity contribution in [2.75, 3.05) is 19.1 Å². The minimum absolute atomic E-state index is 0.102. The summed E-state index contributed by atoms with van der Waals surface area (Å²) in [5, 5.41) is 3.16. The molecule has 2 amide bonds. The van der Waals surface area contributed by atoms with Crippen LogP contribution in [0.15, 0.2) is 0 Å². The number of carbonyl (C=O) groups is 1. The highest BCUT2D eigenvalue weighted by Gasteiger charge is 2.20. The van der Waals surface area contributed by atoms with Crippen LogP contribution in [0.3, 0.4) is 0 Å². The minimum atomic E-state index is 0.102. The van der Waals surface area contributed by atoms with E-state index in [9.17, 15) is 4.79 Å². The Morgan fingerprint density at radius 3 is 2.65 bits per heavy atom. The van der Waals surface area contributed by atoms with Crippen LogP contribution in [0.2, 0.25) is 0 Å². The van der Waals surface area contributed by atoms with E-state index in [0.717, 1.165) is 25.0 Å². The fraction of sp³-hybridized carbons (Fsp3) is 0.923. The van der Waals surface area contributed by atoms with Crippen LogP contribution < -0.4 is 5.32 Å². The van der Waals surface area contributed by atoms with E-state index in [1.165, 1.54) is 19.3 Å². The number of nitrogens with one attached hydrogen (secondary N) is 1. The Labute approximate surface area is 110 Å². The first-order valence-corrected chi connectivity index (χ1v) is 8.06. The molecule has 1 N–H and O–H groups in total. The van der Waals surface area contributed by atoms with Crippen molar-refractivity contribution in [1.82, 2.24) is 10.2 Å². The molecule has 1 atom stereocenters. The summed E-state index contributed by atoms with van der Waals surface area (Å²) in [5.41, 5.74) is 0. The largest absolute Gasteiger partial charge is 0.335 e. The van der Waals surface area contributed by atoms with E-state index in [-0.39, 0.29) is 6.03 Å². The third-order valence-electron chi connectivity index (χ3n) is 3.65. The standard InChI is InChI=1S/C13H26N2OS/c1-11(9-10-17-3)15(2)13(16)14-12-7-5-4-6-8-12/h11-12H,4-10H2,1-3H3,(H,14,16). The number of carbonyl (C=O) groups excluding carboxylic acids is 1. The van der Waals surface area contributed by atoms with E-state index in [0.29, 0.717) is 12.1 Å². The summed E-state index contributed by atoms with van der Waals surface area (Å²) in [6.07, 6.45) is 9.32. The van der Waals surface area contributed by atoms with Crippen molar-refractivity contribution in [1.29, 1.82) is 0 Å². The van der Waals surface area contributed by atoms with Crippen LogP contribution in [0, 0.1) is 0 Å². The zero-order valence-electron chi connectivity index (χ0n) is 11.4. The van der Waals surface area contributed by atoms with Crippen LogP contribution in [0.25, 0.3) is 0 Å². The normalized spacial score (nSPS) is 18.8. The van der Waals surface area contributed by atoms with E-state index >= 15 is 0 Å². The van der Waals surface area contributed by atoms with Gasteiger partial charge in [0.2, 0.25) is 0 Å². The molecule has 1 fully saturated rings. The summed E-state index contributed by atoms with van der Waals surface area (Å²) in [6, 6.07) is 0.836. The maximum absolute atomic E-state index is 12.0. The van der Waals surface area contributed by atoms with E-state index in [1.54, 1.807) is 0 Å². The molecule has 1 aliphatic carbocycles. The fourth-order valence-electron chi connectivity index (χ4n) is 2.21. The zero-order valence-corrected chi connectivity index (χ0v) is 12.2. The van der Waals surface area contributed by atoms with Crippen LogP contribution in [0.1, 0.15) is 45.4 Å². The highest BCUT2D eigenvalue weighted by Crippen LogP contribution is 2.17. The molecule has 0 heterocycles. The van der Waals surface area contributed by atoms with Gasteiger partial charge in [-0.25, -0.2) is 4.79 Å². The van der Waals surface area contributed by atoms with Gasteiger partial charge in [0, 0.05) is 19.1 Å². The molecule has 0 radical (unpaired) electrons. The molecule has 0 aliphatic heterocycles. The smallest absolute Gasteiger partial charge is 0.317 e. The molecule has 0 aromatic rings. The molecule has 0 bridgehead atoms. The molecule has 0 aromatic carbocycles. The molecular formula is C13H26N2OS. The van der Waals surface area contributed by atoms with Gasteiger partial charge in [0.1, 0.15) is 0 Å². The Hall–Kier alpha value is -0.380. The molecule has 1 rings (SSSR count). The molecule has 0 aromatic heterocycles. The molecule has 1 saturated carbocycles.